The zero-order valence-corrected chi connectivity index (χ0v) is 17.6. The second-order valence-electron chi connectivity index (χ2n) is 7.57. The van der Waals surface area contributed by atoms with Crippen LogP contribution in [0.4, 0.5) is 14.5 Å². The van der Waals surface area contributed by atoms with Gasteiger partial charge in [-0.1, -0.05) is 12.1 Å². The molecule has 0 radical (unpaired) electrons. The highest BCUT2D eigenvalue weighted by Gasteiger charge is 2.18. The standard InChI is InChI=1S/C23H31F2N3O2/c1-16-14-20(15-17(2)22(16)25)27-21(23(29)28-30)7-3-4-12-26-13-5-6-18-8-10-19(24)11-9-18/h8-11,14-15,21,26-27,30H,3-7,12-13H2,1-2H3,(H,28,29)/t21-/m1/s1. The highest BCUT2D eigenvalue weighted by molar-refractivity contribution is 5.83. The molecule has 0 aromatic heterocycles. The van der Waals surface area contributed by atoms with Crippen molar-refractivity contribution in [2.75, 3.05) is 18.4 Å². The lowest BCUT2D eigenvalue weighted by Crippen LogP contribution is -2.38. The summed E-state index contributed by atoms with van der Waals surface area (Å²) in [5.74, 6) is -0.986. The molecule has 0 aliphatic carbocycles. The van der Waals surface area contributed by atoms with Crippen LogP contribution in [0.1, 0.15) is 42.4 Å². The average Bonchev–Trinajstić information content (AvgIpc) is 2.73. The van der Waals surface area contributed by atoms with E-state index < -0.39 is 11.9 Å². The van der Waals surface area contributed by atoms with Crippen LogP contribution < -0.4 is 16.1 Å². The molecule has 2 rings (SSSR count). The zero-order chi connectivity index (χ0) is 21.9. The number of aryl methyl sites for hydroxylation is 3. The maximum Gasteiger partial charge on any atom is 0.265 e. The van der Waals surface area contributed by atoms with Crippen molar-refractivity contribution in [3.05, 3.63) is 64.7 Å². The molecule has 0 saturated carbocycles. The van der Waals surface area contributed by atoms with Gasteiger partial charge < -0.3 is 10.6 Å². The van der Waals surface area contributed by atoms with Gasteiger partial charge in [-0.15, -0.1) is 0 Å². The maximum absolute atomic E-state index is 13.8. The molecule has 1 amide bonds. The molecule has 2 aromatic carbocycles. The Kier molecular flexibility index (Phi) is 9.70. The van der Waals surface area contributed by atoms with Crippen LogP contribution >= 0.6 is 0 Å². The van der Waals surface area contributed by atoms with E-state index in [9.17, 15) is 13.6 Å². The summed E-state index contributed by atoms with van der Waals surface area (Å²) in [6, 6.07) is 9.27. The fourth-order valence-corrected chi connectivity index (χ4v) is 3.37. The van der Waals surface area contributed by atoms with Crippen LogP contribution in [0.3, 0.4) is 0 Å². The first kappa shape index (κ1) is 23.8. The van der Waals surface area contributed by atoms with Crippen LogP contribution in [-0.4, -0.2) is 30.2 Å². The minimum absolute atomic E-state index is 0.218. The van der Waals surface area contributed by atoms with Crippen molar-refractivity contribution < 1.29 is 18.8 Å². The zero-order valence-electron chi connectivity index (χ0n) is 17.6. The van der Waals surface area contributed by atoms with Gasteiger partial charge in [0.05, 0.1) is 0 Å². The quantitative estimate of drug-likeness (QED) is 0.236. The number of carbonyl (C=O) groups is 1. The van der Waals surface area contributed by atoms with E-state index in [-0.39, 0.29) is 11.6 Å². The Hall–Kier alpha value is -2.51. The number of hydroxylamine groups is 1. The topological polar surface area (TPSA) is 73.4 Å². The summed E-state index contributed by atoms with van der Waals surface area (Å²) in [5, 5.41) is 15.5. The number of amides is 1. The largest absolute Gasteiger partial charge is 0.374 e. The molecule has 1 atom stereocenters. The van der Waals surface area contributed by atoms with E-state index in [1.165, 1.54) is 12.1 Å². The molecule has 30 heavy (non-hydrogen) atoms. The molecule has 2 aromatic rings. The van der Waals surface area contributed by atoms with Gasteiger partial charge in [-0.05, 0) is 100.0 Å². The number of rotatable bonds is 12. The van der Waals surface area contributed by atoms with Gasteiger partial charge in [0.15, 0.2) is 0 Å². The lowest BCUT2D eigenvalue weighted by atomic mass is 10.1. The van der Waals surface area contributed by atoms with E-state index in [1.807, 2.05) is 0 Å². The van der Waals surface area contributed by atoms with Crippen LogP contribution in [0, 0.1) is 25.5 Å². The lowest BCUT2D eigenvalue weighted by molar-refractivity contribution is -0.130. The van der Waals surface area contributed by atoms with Gasteiger partial charge in [-0.3, -0.25) is 10.0 Å². The first-order valence-electron chi connectivity index (χ1n) is 10.3. The number of hydrogen-bond acceptors (Lipinski definition) is 4. The Bertz CT molecular complexity index is 790. The third kappa shape index (κ3) is 7.72. The van der Waals surface area contributed by atoms with Gasteiger partial charge in [0, 0.05) is 5.69 Å². The summed E-state index contributed by atoms with van der Waals surface area (Å²) in [6.07, 6.45) is 4.07. The second kappa shape index (κ2) is 12.2. The van der Waals surface area contributed by atoms with Crippen molar-refractivity contribution in [2.24, 2.45) is 0 Å². The van der Waals surface area contributed by atoms with E-state index in [1.54, 1.807) is 43.6 Å². The van der Waals surface area contributed by atoms with Gasteiger partial charge >= 0.3 is 0 Å². The smallest absolute Gasteiger partial charge is 0.265 e. The summed E-state index contributed by atoms with van der Waals surface area (Å²) in [5.41, 5.74) is 4.48. The normalized spacial score (nSPS) is 11.9. The molecular weight excluding hydrogens is 388 g/mol. The molecule has 0 unspecified atom stereocenters. The SMILES string of the molecule is Cc1cc(N[C@H](CCCCNCCCc2ccc(F)cc2)C(=O)NO)cc(C)c1F. The Morgan fingerprint density at radius 2 is 1.63 bits per heavy atom. The monoisotopic (exact) mass is 419 g/mol. The van der Waals surface area contributed by atoms with Gasteiger partial charge in [-0.25, -0.2) is 14.3 Å². The summed E-state index contributed by atoms with van der Waals surface area (Å²) in [6.45, 7) is 5.04. The van der Waals surface area contributed by atoms with E-state index in [2.05, 4.69) is 10.6 Å². The minimum Gasteiger partial charge on any atom is -0.374 e. The molecule has 7 heteroatoms. The van der Waals surface area contributed by atoms with Gasteiger partial charge in [0.25, 0.3) is 5.91 Å². The second-order valence-corrected chi connectivity index (χ2v) is 7.57. The van der Waals surface area contributed by atoms with E-state index >= 15 is 0 Å². The summed E-state index contributed by atoms with van der Waals surface area (Å²) >= 11 is 0. The Morgan fingerprint density at radius 3 is 2.27 bits per heavy atom. The Balaban J connectivity index is 1.68. The van der Waals surface area contributed by atoms with Crippen LogP contribution in [0.2, 0.25) is 0 Å². The summed E-state index contributed by atoms with van der Waals surface area (Å²) in [4.78, 5) is 12.0. The summed E-state index contributed by atoms with van der Waals surface area (Å²) < 4.78 is 26.7. The van der Waals surface area contributed by atoms with Crippen molar-refractivity contribution in [2.45, 2.75) is 52.0 Å². The number of anilines is 1. The van der Waals surface area contributed by atoms with Crippen LogP contribution in [0.25, 0.3) is 0 Å². The number of carbonyl (C=O) groups excluding carboxylic acids is 1. The van der Waals surface area contributed by atoms with Crippen LogP contribution in [-0.2, 0) is 11.2 Å². The Morgan fingerprint density at radius 1 is 1.00 bits per heavy atom. The van der Waals surface area contributed by atoms with Crippen molar-refractivity contribution in [3.8, 4) is 0 Å². The number of unbranched alkanes of at least 4 members (excludes halogenated alkanes) is 1. The molecule has 0 bridgehead atoms. The van der Waals surface area contributed by atoms with E-state index in [4.69, 9.17) is 5.21 Å². The molecule has 0 saturated heterocycles. The first-order chi connectivity index (χ1) is 14.4. The number of halogens is 2. The van der Waals surface area contributed by atoms with Crippen LogP contribution in [0.5, 0.6) is 0 Å². The molecule has 0 spiro atoms. The molecule has 4 N–H and O–H groups in total. The van der Waals surface area contributed by atoms with Crippen molar-refractivity contribution in [1.82, 2.24) is 10.8 Å². The molecule has 0 aliphatic rings. The highest BCUT2D eigenvalue weighted by Crippen LogP contribution is 2.20. The molecule has 5 nitrogen and oxygen atoms in total. The number of benzene rings is 2. The predicted octanol–water partition coefficient (Wildman–Crippen LogP) is 4.26. The Labute approximate surface area is 176 Å². The van der Waals surface area contributed by atoms with Gasteiger partial charge in [0.1, 0.15) is 17.7 Å². The average molecular weight is 420 g/mol. The highest BCUT2D eigenvalue weighted by atomic mass is 19.1. The molecule has 0 aliphatic heterocycles. The maximum atomic E-state index is 13.8. The molecule has 0 fully saturated rings. The number of nitrogens with one attached hydrogen (secondary N) is 3. The third-order valence-electron chi connectivity index (χ3n) is 5.03. The lowest BCUT2D eigenvalue weighted by Gasteiger charge is -2.19. The fourth-order valence-electron chi connectivity index (χ4n) is 3.37. The van der Waals surface area contributed by atoms with E-state index in [0.717, 1.165) is 44.3 Å². The van der Waals surface area contributed by atoms with Gasteiger partial charge in [0.2, 0.25) is 0 Å². The van der Waals surface area contributed by atoms with E-state index in [0.29, 0.717) is 23.2 Å². The minimum atomic E-state index is -0.599. The number of hydrogen-bond donors (Lipinski definition) is 4. The van der Waals surface area contributed by atoms with Gasteiger partial charge in [-0.2, -0.15) is 0 Å². The van der Waals surface area contributed by atoms with Crippen molar-refractivity contribution in [3.63, 3.8) is 0 Å². The van der Waals surface area contributed by atoms with Crippen LogP contribution in [0.15, 0.2) is 36.4 Å². The molecule has 0 heterocycles. The molecule has 164 valence electrons. The van der Waals surface area contributed by atoms with Crippen molar-refractivity contribution >= 4 is 11.6 Å². The van der Waals surface area contributed by atoms with Crippen molar-refractivity contribution in [1.29, 1.82) is 0 Å². The fraction of sp³-hybridized carbons (Fsp3) is 0.435. The summed E-state index contributed by atoms with van der Waals surface area (Å²) in [7, 11) is 0. The third-order valence-corrected chi connectivity index (χ3v) is 5.03. The molecular formula is C23H31F2N3O2. The first-order valence-corrected chi connectivity index (χ1v) is 10.3. The predicted molar refractivity (Wildman–Crippen MR) is 115 cm³/mol.